The Kier molecular flexibility index (Phi) is 8.29. The third kappa shape index (κ3) is 6.71. The molecule has 0 saturated carbocycles. The van der Waals surface area contributed by atoms with Crippen molar-refractivity contribution in [2.45, 2.75) is 80.6 Å². The molecule has 1 unspecified atom stereocenters. The first-order valence-electron chi connectivity index (χ1n) is 7.22. The molecule has 0 aromatic rings. The average Bonchev–Trinajstić information content (AvgIpc) is 2.27. The minimum atomic E-state index is 0.862. The Labute approximate surface area is 109 Å². The van der Waals surface area contributed by atoms with Gasteiger partial charge in [-0.1, -0.05) is 49.5 Å². The average molecular weight is 236 g/mol. The molecular weight excluding hydrogens is 204 g/mol. The number of allylic oxidation sites excluding steroid dienone is 4. The van der Waals surface area contributed by atoms with Crippen LogP contribution in [0, 0.1) is 5.92 Å². The van der Waals surface area contributed by atoms with Crippen molar-refractivity contribution in [1.82, 2.24) is 0 Å². The normalized spacial score (nSPS) is 12.2. The quantitative estimate of drug-likeness (QED) is 0.456. The maximum Gasteiger partial charge on any atom is -0.0104 e. The summed E-state index contributed by atoms with van der Waals surface area (Å²) in [5.41, 5.74) is 6.34. The van der Waals surface area contributed by atoms with Crippen LogP contribution in [-0.4, -0.2) is 0 Å². The highest BCUT2D eigenvalue weighted by Crippen LogP contribution is 2.26. The van der Waals surface area contributed by atoms with Crippen LogP contribution < -0.4 is 0 Å². The van der Waals surface area contributed by atoms with E-state index >= 15 is 0 Å². The summed E-state index contributed by atoms with van der Waals surface area (Å²) < 4.78 is 0. The first kappa shape index (κ1) is 16.5. The summed E-state index contributed by atoms with van der Waals surface area (Å²) in [7, 11) is 0. The van der Waals surface area contributed by atoms with Gasteiger partial charge in [0.1, 0.15) is 0 Å². The van der Waals surface area contributed by atoms with E-state index in [0.29, 0.717) is 0 Å². The van der Waals surface area contributed by atoms with Gasteiger partial charge in [0.25, 0.3) is 0 Å². The van der Waals surface area contributed by atoms with Gasteiger partial charge in [-0.15, -0.1) is 0 Å². The van der Waals surface area contributed by atoms with Crippen LogP contribution in [0.1, 0.15) is 80.6 Å². The van der Waals surface area contributed by atoms with E-state index in [2.05, 4.69) is 48.5 Å². The van der Waals surface area contributed by atoms with Gasteiger partial charge in [-0.25, -0.2) is 0 Å². The number of rotatable bonds is 7. The lowest BCUT2D eigenvalue weighted by atomic mass is 9.90. The van der Waals surface area contributed by atoms with Crippen LogP contribution in [0.3, 0.4) is 0 Å². The second kappa shape index (κ2) is 8.55. The van der Waals surface area contributed by atoms with Crippen molar-refractivity contribution in [3.63, 3.8) is 0 Å². The fraction of sp³-hybridized carbons (Fsp3) is 0.765. The molecule has 0 saturated heterocycles. The Hall–Kier alpha value is -0.520. The molecule has 0 bridgehead atoms. The van der Waals surface area contributed by atoms with Crippen molar-refractivity contribution < 1.29 is 0 Å². The monoisotopic (exact) mass is 236 g/mol. The summed E-state index contributed by atoms with van der Waals surface area (Å²) >= 11 is 0. The summed E-state index contributed by atoms with van der Waals surface area (Å²) in [6.07, 6.45) is 6.34. The van der Waals surface area contributed by atoms with Gasteiger partial charge >= 0.3 is 0 Å². The van der Waals surface area contributed by atoms with Gasteiger partial charge in [0.2, 0.25) is 0 Å². The zero-order valence-electron chi connectivity index (χ0n) is 13.1. The zero-order valence-corrected chi connectivity index (χ0v) is 13.1. The van der Waals surface area contributed by atoms with E-state index in [9.17, 15) is 0 Å². The molecule has 0 heteroatoms. The second-order valence-electron chi connectivity index (χ2n) is 5.79. The van der Waals surface area contributed by atoms with Gasteiger partial charge in [-0.05, 0) is 59.3 Å². The topological polar surface area (TPSA) is 0 Å². The molecule has 0 aliphatic heterocycles. The van der Waals surface area contributed by atoms with Crippen LogP contribution in [0.5, 0.6) is 0 Å². The highest BCUT2D eigenvalue weighted by Gasteiger charge is 2.07. The molecule has 0 fully saturated rings. The van der Waals surface area contributed by atoms with Crippen LogP contribution in [0.2, 0.25) is 0 Å². The highest BCUT2D eigenvalue weighted by molar-refractivity contribution is 5.22. The predicted octanol–water partition coefficient (Wildman–Crippen LogP) is 6.29. The zero-order chi connectivity index (χ0) is 13.4. The molecule has 0 aliphatic rings. The van der Waals surface area contributed by atoms with Crippen LogP contribution in [-0.2, 0) is 0 Å². The lowest BCUT2D eigenvalue weighted by Crippen LogP contribution is -1.98. The first-order chi connectivity index (χ1) is 7.92. The Morgan fingerprint density at radius 2 is 1.41 bits per heavy atom. The fourth-order valence-electron chi connectivity index (χ4n) is 2.05. The highest BCUT2D eigenvalue weighted by atomic mass is 14.1. The van der Waals surface area contributed by atoms with Gasteiger partial charge < -0.3 is 0 Å². The van der Waals surface area contributed by atoms with Gasteiger partial charge in [0.05, 0.1) is 0 Å². The predicted molar refractivity (Wildman–Crippen MR) is 80.3 cm³/mol. The lowest BCUT2D eigenvalue weighted by Gasteiger charge is -2.16. The summed E-state index contributed by atoms with van der Waals surface area (Å²) in [5, 5.41) is 0. The number of hydrogen-bond acceptors (Lipinski definition) is 0. The standard InChI is InChI=1S/C17H32/c1-8-15(7)10-11-17(14(5)6)12-16(9-2)13(3)4/h15H,8-12H2,1-7H3. The van der Waals surface area contributed by atoms with Crippen LogP contribution in [0.15, 0.2) is 22.3 Å². The molecule has 1 atom stereocenters. The minimum absolute atomic E-state index is 0.862. The van der Waals surface area contributed by atoms with Gasteiger partial charge in [0.15, 0.2) is 0 Å². The molecule has 0 aromatic carbocycles. The molecule has 0 amide bonds. The lowest BCUT2D eigenvalue weighted by molar-refractivity contribution is 0.511. The fourth-order valence-corrected chi connectivity index (χ4v) is 2.05. The van der Waals surface area contributed by atoms with Crippen molar-refractivity contribution in [2.75, 3.05) is 0 Å². The molecule has 17 heavy (non-hydrogen) atoms. The molecule has 0 spiro atoms. The third-order valence-corrected chi connectivity index (χ3v) is 3.90. The van der Waals surface area contributed by atoms with Crippen molar-refractivity contribution in [3.05, 3.63) is 22.3 Å². The van der Waals surface area contributed by atoms with Gasteiger partial charge in [-0.2, -0.15) is 0 Å². The van der Waals surface area contributed by atoms with Crippen LogP contribution >= 0.6 is 0 Å². The molecule has 0 N–H and O–H groups in total. The minimum Gasteiger partial charge on any atom is -0.0769 e. The Bertz CT molecular complexity index is 270. The van der Waals surface area contributed by atoms with E-state index in [0.717, 1.165) is 5.92 Å². The van der Waals surface area contributed by atoms with Crippen molar-refractivity contribution in [3.8, 4) is 0 Å². The van der Waals surface area contributed by atoms with Crippen LogP contribution in [0.25, 0.3) is 0 Å². The maximum atomic E-state index is 2.37. The molecule has 0 heterocycles. The Morgan fingerprint density at radius 3 is 1.76 bits per heavy atom. The molecule has 0 aliphatic carbocycles. The van der Waals surface area contributed by atoms with E-state index in [-0.39, 0.29) is 0 Å². The smallest absolute Gasteiger partial charge is 0.0104 e. The van der Waals surface area contributed by atoms with E-state index < -0.39 is 0 Å². The van der Waals surface area contributed by atoms with E-state index in [1.54, 1.807) is 11.1 Å². The molecule has 100 valence electrons. The van der Waals surface area contributed by atoms with Gasteiger partial charge in [0, 0.05) is 0 Å². The SMILES string of the molecule is CCC(CC(CCC(C)CC)=C(C)C)=C(C)C. The van der Waals surface area contributed by atoms with E-state index in [4.69, 9.17) is 0 Å². The van der Waals surface area contributed by atoms with Crippen molar-refractivity contribution >= 4 is 0 Å². The van der Waals surface area contributed by atoms with E-state index in [1.807, 2.05) is 0 Å². The molecule has 0 radical (unpaired) electrons. The van der Waals surface area contributed by atoms with Crippen LogP contribution in [0.4, 0.5) is 0 Å². The van der Waals surface area contributed by atoms with Crippen molar-refractivity contribution in [1.29, 1.82) is 0 Å². The largest absolute Gasteiger partial charge is 0.0769 e. The summed E-state index contributed by atoms with van der Waals surface area (Å²) in [4.78, 5) is 0. The Morgan fingerprint density at radius 1 is 0.882 bits per heavy atom. The first-order valence-corrected chi connectivity index (χ1v) is 7.22. The number of hydrogen-bond donors (Lipinski definition) is 0. The summed E-state index contributed by atoms with van der Waals surface area (Å²) in [6, 6.07) is 0. The second-order valence-corrected chi connectivity index (χ2v) is 5.79. The maximum absolute atomic E-state index is 2.37. The molecule has 0 nitrogen and oxygen atoms in total. The molecular formula is C17H32. The molecule has 0 aromatic heterocycles. The Balaban J connectivity index is 4.58. The van der Waals surface area contributed by atoms with E-state index in [1.165, 1.54) is 43.3 Å². The third-order valence-electron chi connectivity index (χ3n) is 3.90. The summed E-state index contributed by atoms with van der Waals surface area (Å²) in [6.45, 7) is 16.0. The van der Waals surface area contributed by atoms with Gasteiger partial charge in [-0.3, -0.25) is 0 Å². The summed E-state index contributed by atoms with van der Waals surface area (Å²) in [5.74, 6) is 0.862. The molecule has 0 rings (SSSR count). The van der Waals surface area contributed by atoms with Crippen molar-refractivity contribution in [2.24, 2.45) is 5.92 Å².